The molecule has 0 saturated heterocycles. The van der Waals surface area contributed by atoms with Gasteiger partial charge in [-0.15, -0.1) is 23.5 Å². The first-order valence-corrected chi connectivity index (χ1v) is 10.5. The fraction of sp³-hybridized carbons (Fsp3) is 0.444. The van der Waals surface area contributed by atoms with Crippen molar-refractivity contribution in [3.63, 3.8) is 0 Å². The van der Waals surface area contributed by atoms with Crippen molar-refractivity contribution >= 4 is 46.7 Å². The Kier molecular flexibility index (Phi) is 7.26. The number of carbonyl (C=O) groups is 2. The average molecular weight is 385 g/mol. The van der Waals surface area contributed by atoms with Crippen LogP contribution in [0.15, 0.2) is 33.8 Å². The lowest BCUT2D eigenvalue weighted by molar-refractivity contribution is -0.116. The zero-order valence-corrected chi connectivity index (χ0v) is 16.4. The quantitative estimate of drug-likeness (QED) is 0.145. The molecular weight excluding hydrogens is 364 g/mol. The van der Waals surface area contributed by atoms with Crippen molar-refractivity contribution in [2.75, 3.05) is 18.6 Å². The first kappa shape index (κ1) is 19.4. The van der Waals surface area contributed by atoms with Crippen molar-refractivity contribution in [1.29, 1.82) is 0 Å². The number of hydrogen-bond acceptors (Lipinski definition) is 5. The molecule has 0 aromatic heterocycles. The summed E-state index contributed by atoms with van der Waals surface area (Å²) in [5.41, 5.74) is 0.659. The maximum Gasteiger partial charge on any atom is 0.200 e. The Morgan fingerprint density at radius 2 is 2.00 bits per heavy atom. The molecule has 0 bridgehead atoms. The predicted octanol–water partition coefficient (Wildman–Crippen LogP) is 5.26. The van der Waals surface area contributed by atoms with Gasteiger partial charge in [-0.25, -0.2) is 0 Å². The van der Waals surface area contributed by atoms with Gasteiger partial charge in [0.15, 0.2) is 5.78 Å². The van der Waals surface area contributed by atoms with Crippen molar-refractivity contribution < 1.29 is 14.3 Å². The maximum atomic E-state index is 13.0. The highest BCUT2D eigenvalue weighted by Gasteiger charge is 2.35. The lowest BCUT2D eigenvalue weighted by atomic mass is 9.98. The highest BCUT2D eigenvalue weighted by molar-refractivity contribution is 8.02. The number of rotatable bonds is 9. The molecule has 0 atom stereocenters. The van der Waals surface area contributed by atoms with Gasteiger partial charge < -0.3 is 4.74 Å². The first-order valence-electron chi connectivity index (χ1n) is 7.95. The zero-order chi connectivity index (χ0) is 17.7. The van der Waals surface area contributed by atoms with Crippen LogP contribution < -0.4 is 0 Å². The standard InChI is InChI=1S/C18H21ClO3S2/c1-4-22-10-13(15(20)11-6-7-11)16(21)12-8-9-14(19)18(24-5-2)17(12)23-3/h8-11H,4-7H2,1-3H3. The van der Waals surface area contributed by atoms with Crippen LogP contribution >= 0.6 is 35.1 Å². The zero-order valence-electron chi connectivity index (χ0n) is 14.1. The monoisotopic (exact) mass is 384 g/mol. The molecule has 0 heterocycles. The SMILES string of the molecule is CCOC=C(C(=O)c1ccc(Cl)c(SCC)c1SC)C(=O)C1CC1. The van der Waals surface area contributed by atoms with E-state index in [1.54, 1.807) is 23.9 Å². The second-order valence-corrected chi connectivity index (χ2v) is 7.84. The molecule has 0 N–H and O–H groups in total. The van der Waals surface area contributed by atoms with Gasteiger partial charge in [0.2, 0.25) is 5.78 Å². The van der Waals surface area contributed by atoms with Gasteiger partial charge in [0.1, 0.15) is 5.57 Å². The van der Waals surface area contributed by atoms with Gasteiger partial charge in [0.05, 0.1) is 17.9 Å². The van der Waals surface area contributed by atoms with Crippen LogP contribution in [0.25, 0.3) is 0 Å². The molecule has 2 rings (SSSR count). The van der Waals surface area contributed by atoms with E-state index in [4.69, 9.17) is 16.3 Å². The van der Waals surface area contributed by atoms with Crippen molar-refractivity contribution in [2.24, 2.45) is 5.92 Å². The Labute approximate surface area is 156 Å². The van der Waals surface area contributed by atoms with E-state index in [1.807, 2.05) is 20.1 Å². The largest absolute Gasteiger partial charge is 0.501 e. The summed E-state index contributed by atoms with van der Waals surface area (Å²) in [6, 6.07) is 3.43. The van der Waals surface area contributed by atoms with E-state index >= 15 is 0 Å². The number of halogens is 1. The topological polar surface area (TPSA) is 43.4 Å². The smallest absolute Gasteiger partial charge is 0.200 e. The molecule has 0 aliphatic heterocycles. The fourth-order valence-electron chi connectivity index (χ4n) is 2.30. The minimum atomic E-state index is -0.278. The number of carbonyl (C=O) groups excluding carboxylic acids is 2. The van der Waals surface area contributed by atoms with Crippen LogP contribution in [-0.4, -0.2) is 30.2 Å². The van der Waals surface area contributed by atoms with Crippen LogP contribution in [0.2, 0.25) is 5.02 Å². The minimum absolute atomic E-state index is 0.0322. The molecule has 1 aliphatic carbocycles. The molecule has 6 heteroatoms. The van der Waals surface area contributed by atoms with E-state index in [-0.39, 0.29) is 23.1 Å². The van der Waals surface area contributed by atoms with Gasteiger partial charge in [-0.2, -0.15) is 0 Å². The molecule has 0 spiro atoms. The molecule has 1 aliphatic rings. The molecule has 1 aromatic rings. The summed E-state index contributed by atoms with van der Waals surface area (Å²) < 4.78 is 5.27. The molecule has 24 heavy (non-hydrogen) atoms. The molecule has 0 radical (unpaired) electrons. The third-order valence-electron chi connectivity index (χ3n) is 3.63. The third-order valence-corrected chi connectivity index (χ3v) is 6.02. The van der Waals surface area contributed by atoms with E-state index in [0.717, 1.165) is 28.4 Å². The minimum Gasteiger partial charge on any atom is -0.501 e. The van der Waals surface area contributed by atoms with Gasteiger partial charge in [0.25, 0.3) is 0 Å². The van der Waals surface area contributed by atoms with Gasteiger partial charge in [0, 0.05) is 21.3 Å². The summed E-state index contributed by atoms with van der Waals surface area (Å²) in [5.74, 6) is 0.433. The molecule has 0 amide bonds. The number of thioether (sulfide) groups is 2. The second kappa shape index (κ2) is 8.97. The number of benzene rings is 1. The lowest BCUT2D eigenvalue weighted by Gasteiger charge is -2.14. The molecule has 130 valence electrons. The van der Waals surface area contributed by atoms with E-state index in [2.05, 4.69) is 0 Å². The molecule has 1 fully saturated rings. The normalized spacial score (nSPS) is 14.6. The van der Waals surface area contributed by atoms with Gasteiger partial charge in [-0.05, 0) is 43.9 Å². The van der Waals surface area contributed by atoms with Crippen LogP contribution in [0.4, 0.5) is 0 Å². The highest BCUT2D eigenvalue weighted by Crippen LogP contribution is 2.40. The van der Waals surface area contributed by atoms with E-state index in [9.17, 15) is 9.59 Å². The third kappa shape index (κ3) is 4.38. The average Bonchev–Trinajstić information content (AvgIpc) is 3.41. The van der Waals surface area contributed by atoms with Crippen LogP contribution in [0, 0.1) is 5.92 Å². The molecule has 3 nitrogen and oxygen atoms in total. The number of allylic oxidation sites excluding steroid dienone is 1. The van der Waals surface area contributed by atoms with E-state index in [0.29, 0.717) is 17.2 Å². The summed E-state index contributed by atoms with van der Waals surface area (Å²) in [4.78, 5) is 27.3. The number of hydrogen-bond donors (Lipinski definition) is 0. The van der Waals surface area contributed by atoms with Crippen molar-refractivity contribution in [2.45, 2.75) is 36.5 Å². The van der Waals surface area contributed by atoms with Crippen LogP contribution in [-0.2, 0) is 9.53 Å². The molecule has 1 aromatic carbocycles. The Hall–Kier alpha value is -0.910. The molecule has 0 unspecified atom stereocenters. The number of ketones is 2. The van der Waals surface area contributed by atoms with Crippen molar-refractivity contribution in [1.82, 2.24) is 0 Å². The molecule has 1 saturated carbocycles. The maximum absolute atomic E-state index is 13.0. The van der Waals surface area contributed by atoms with Gasteiger partial charge in [-0.1, -0.05) is 18.5 Å². The van der Waals surface area contributed by atoms with E-state index < -0.39 is 0 Å². The number of Topliss-reactive ketones (excluding diaryl/α,β-unsaturated/α-hetero) is 2. The summed E-state index contributed by atoms with van der Waals surface area (Å²) in [7, 11) is 0. The summed E-state index contributed by atoms with van der Waals surface area (Å²) in [5, 5.41) is 0.631. The molecular formula is C18H21ClO3S2. The summed E-state index contributed by atoms with van der Waals surface area (Å²) >= 11 is 9.37. The summed E-state index contributed by atoms with van der Waals surface area (Å²) in [6.07, 6.45) is 4.94. The van der Waals surface area contributed by atoms with Crippen LogP contribution in [0.1, 0.15) is 37.0 Å². The second-order valence-electron chi connectivity index (χ2n) is 5.34. The van der Waals surface area contributed by atoms with Crippen molar-refractivity contribution in [3.8, 4) is 0 Å². The van der Waals surface area contributed by atoms with Gasteiger partial charge in [-0.3, -0.25) is 9.59 Å². The Morgan fingerprint density at radius 3 is 2.54 bits per heavy atom. The Balaban J connectivity index is 2.45. The summed E-state index contributed by atoms with van der Waals surface area (Å²) in [6.45, 7) is 4.28. The first-order chi connectivity index (χ1) is 11.5. The highest BCUT2D eigenvalue weighted by atomic mass is 35.5. The Bertz CT molecular complexity index is 666. The fourth-order valence-corrected chi connectivity index (χ4v) is 4.52. The van der Waals surface area contributed by atoms with Crippen LogP contribution in [0.3, 0.4) is 0 Å². The van der Waals surface area contributed by atoms with Gasteiger partial charge >= 0.3 is 0 Å². The Morgan fingerprint density at radius 1 is 1.29 bits per heavy atom. The van der Waals surface area contributed by atoms with Crippen LogP contribution in [0.5, 0.6) is 0 Å². The lowest BCUT2D eigenvalue weighted by Crippen LogP contribution is -2.16. The number of ether oxygens (including phenoxy) is 1. The predicted molar refractivity (Wildman–Crippen MR) is 101 cm³/mol. The van der Waals surface area contributed by atoms with E-state index in [1.165, 1.54) is 18.0 Å². The van der Waals surface area contributed by atoms with Crippen molar-refractivity contribution in [3.05, 3.63) is 34.6 Å².